The first-order valence-corrected chi connectivity index (χ1v) is 11.1. The number of rotatable bonds is 10. The number of ether oxygens (including phenoxy) is 1. The van der Waals surface area contributed by atoms with Crippen molar-refractivity contribution in [3.05, 3.63) is 101 Å². The Kier molecular flexibility index (Phi) is 9.00. The van der Waals surface area contributed by atoms with Crippen molar-refractivity contribution >= 4 is 23.6 Å². The Morgan fingerprint density at radius 3 is 2.41 bits per heavy atom. The molecule has 0 aliphatic carbocycles. The summed E-state index contributed by atoms with van der Waals surface area (Å²) in [6, 6.07) is 26.4. The molecule has 0 saturated heterocycles. The molecule has 0 radical (unpaired) electrons. The third-order valence-electron chi connectivity index (χ3n) is 5.05. The minimum absolute atomic E-state index is 0.0279. The summed E-state index contributed by atoms with van der Waals surface area (Å²) >= 11 is 0. The Balaban J connectivity index is 1.55. The lowest BCUT2D eigenvalue weighted by molar-refractivity contribution is -0.118. The van der Waals surface area contributed by atoms with E-state index in [9.17, 15) is 14.9 Å². The van der Waals surface area contributed by atoms with Crippen LogP contribution in [0.2, 0.25) is 0 Å². The van der Waals surface area contributed by atoms with Crippen LogP contribution in [0.3, 0.4) is 0 Å². The van der Waals surface area contributed by atoms with Gasteiger partial charge in [0.2, 0.25) is 0 Å². The SMILES string of the molecule is Cc1ccc(NC(=O)COc2ccccc2/C=C(/C#N)C(=O)NCCCc2ccccc2)cc1. The molecule has 3 aromatic rings. The topological polar surface area (TPSA) is 91.2 Å². The van der Waals surface area contributed by atoms with E-state index < -0.39 is 5.91 Å². The van der Waals surface area contributed by atoms with Crippen LogP contribution in [0.4, 0.5) is 5.69 Å². The van der Waals surface area contributed by atoms with Gasteiger partial charge in [-0.05, 0) is 49.6 Å². The normalized spacial score (nSPS) is 10.8. The zero-order chi connectivity index (χ0) is 24.2. The second-order valence-corrected chi connectivity index (χ2v) is 7.76. The van der Waals surface area contributed by atoms with Gasteiger partial charge in [-0.15, -0.1) is 0 Å². The van der Waals surface area contributed by atoms with E-state index in [0.717, 1.165) is 18.4 Å². The predicted molar refractivity (Wildman–Crippen MR) is 133 cm³/mol. The molecule has 0 aliphatic rings. The Morgan fingerprint density at radius 1 is 0.971 bits per heavy atom. The van der Waals surface area contributed by atoms with Gasteiger partial charge in [0.1, 0.15) is 17.4 Å². The number of nitriles is 1. The minimum atomic E-state index is -0.442. The van der Waals surface area contributed by atoms with E-state index in [2.05, 4.69) is 10.6 Å². The molecule has 6 heteroatoms. The standard InChI is InChI=1S/C28H27N3O3/c1-21-13-15-25(16-14-21)31-27(32)20-34-26-12-6-5-11-23(26)18-24(19-29)28(33)30-17-7-10-22-8-3-2-4-9-22/h2-6,8-9,11-16,18H,7,10,17,20H2,1H3,(H,30,33)(H,31,32)/b24-18-. The van der Waals surface area contributed by atoms with Gasteiger partial charge in [-0.25, -0.2) is 0 Å². The van der Waals surface area contributed by atoms with Crippen molar-refractivity contribution in [2.45, 2.75) is 19.8 Å². The van der Waals surface area contributed by atoms with Crippen molar-refractivity contribution in [1.29, 1.82) is 5.26 Å². The monoisotopic (exact) mass is 453 g/mol. The fourth-order valence-electron chi connectivity index (χ4n) is 3.25. The molecule has 0 bridgehead atoms. The molecule has 0 heterocycles. The summed E-state index contributed by atoms with van der Waals surface area (Å²) in [4.78, 5) is 24.7. The summed E-state index contributed by atoms with van der Waals surface area (Å²) in [5, 5.41) is 15.1. The van der Waals surface area contributed by atoms with Gasteiger partial charge in [0.25, 0.3) is 11.8 Å². The van der Waals surface area contributed by atoms with E-state index in [0.29, 0.717) is 23.5 Å². The minimum Gasteiger partial charge on any atom is -0.483 e. The van der Waals surface area contributed by atoms with E-state index in [1.807, 2.05) is 67.6 Å². The number of nitrogens with zero attached hydrogens (tertiary/aromatic N) is 1. The number of carbonyl (C=O) groups excluding carboxylic acids is 2. The average Bonchev–Trinajstić information content (AvgIpc) is 2.86. The van der Waals surface area contributed by atoms with Crippen molar-refractivity contribution in [3.63, 3.8) is 0 Å². The first-order valence-electron chi connectivity index (χ1n) is 11.1. The van der Waals surface area contributed by atoms with Gasteiger partial charge in [-0.2, -0.15) is 5.26 Å². The van der Waals surface area contributed by atoms with Gasteiger partial charge >= 0.3 is 0 Å². The van der Waals surface area contributed by atoms with Crippen LogP contribution < -0.4 is 15.4 Å². The largest absolute Gasteiger partial charge is 0.483 e. The maximum Gasteiger partial charge on any atom is 0.262 e. The molecule has 172 valence electrons. The molecule has 3 rings (SSSR count). The number of aryl methyl sites for hydroxylation is 2. The molecular weight excluding hydrogens is 426 g/mol. The molecule has 34 heavy (non-hydrogen) atoms. The van der Waals surface area contributed by atoms with E-state index >= 15 is 0 Å². The predicted octanol–water partition coefficient (Wildman–Crippen LogP) is 4.67. The number of nitrogens with one attached hydrogen (secondary N) is 2. The number of para-hydroxylation sites is 1. The van der Waals surface area contributed by atoms with E-state index in [1.165, 1.54) is 11.6 Å². The molecular formula is C28H27N3O3. The van der Waals surface area contributed by atoms with Crippen LogP contribution >= 0.6 is 0 Å². The Hall–Kier alpha value is -4.37. The van der Waals surface area contributed by atoms with Crippen LogP contribution in [-0.4, -0.2) is 25.0 Å². The summed E-state index contributed by atoms with van der Waals surface area (Å²) in [5.41, 5.74) is 3.50. The molecule has 0 atom stereocenters. The van der Waals surface area contributed by atoms with Crippen molar-refractivity contribution in [2.24, 2.45) is 0 Å². The van der Waals surface area contributed by atoms with Gasteiger partial charge in [0.05, 0.1) is 0 Å². The first kappa shape index (κ1) is 24.3. The first-order chi connectivity index (χ1) is 16.5. The number of benzene rings is 3. The molecule has 3 aromatic carbocycles. The third kappa shape index (κ3) is 7.64. The molecule has 0 saturated carbocycles. The van der Waals surface area contributed by atoms with Crippen molar-refractivity contribution in [2.75, 3.05) is 18.5 Å². The smallest absolute Gasteiger partial charge is 0.262 e. The zero-order valence-electron chi connectivity index (χ0n) is 19.1. The Bertz CT molecular complexity index is 1180. The molecule has 0 unspecified atom stereocenters. The number of amides is 2. The lowest BCUT2D eigenvalue weighted by Crippen LogP contribution is -2.25. The van der Waals surface area contributed by atoms with E-state index in [4.69, 9.17) is 4.74 Å². The third-order valence-corrected chi connectivity index (χ3v) is 5.05. The van der Waals surface area contributed by atoms with Crippen LogP contribution in [0.15, 0.2) is 84.4 Å². The molecule has 6 nitrogen and oxygen atoms in total. The second kappa shape index (κ2) is 12.6. The number of carbonyl (C=O) groups is 2. The van der Waals surface area contributed by atoms with Gasteiger partial charge in [0.15, 0.2) is 6.61 Å². The summed E-state index contributed by atoms with van der Waals surface area (Å²) in [6.07, 6.45) is 3.08. The summed E-state index contributed by atoms with van der Waals surface area (Å²) < 4.78 is 5.67. The Labute approximate surface area is 199 Å². The van der Waals surface area contributed by atoms with Crippen LogP contribution in [-0.2, 0) is 16.0 Å². The van der Waals surface area contributed by atoms with Crippen molar-refractivity contribution in [1.82, 2.24) is 5.32 Å². The van der Waals surface area contributed by atoms with Crippen LogP contribution in [0.25, 0.3) is 6.08 Å². The van der Waals surface area contributed by atoms with Crippen molar-refractivity contribution < 1.29 is 14.3 Å². The van der Waals surface area contributed by atoms with E-state index in [-0.39, 0.29) is 18.1 Å². The van der Waals surface area contributed by atoms with Gasteiger partial charge in [-0.1, -0.05) is 66.2 Å². The molecule has 0 spiro atoms. The maximum absolute atomic E-state index is 12.5. The number of hydrogen-bond acceptors (Lipinski definition) is 4. The Morgan fingerprint density at radius 2 is 1.68 bits per heavy atom. The number of anilines is 1. The molecule has 0 aromatic heterocycles. The highest BCUT2D eigenvalue weighted by Gasteiger charge is 2.11. The quantitative estimate of drug-likeness (QED) is 0.265. The second-order valence-electron chi connectivity index (χ2n) is 7.76. The van der Waals surface area contributed by atoms with Crippen LogP contribution in [0.5, 0.6) is 5.75 Å². The fourth-order valence-corrected chi connectivity index (χ4v) is 3.25. The summed E-state index contributed by atoms with van der Waals surface area (Å²) in [6.45, 7) is 2.23. The van der Waals surface area contributed by atoms with E-state index in [1.54, 1.807) is 24.3 Å². The van der Waals surface area contributed by atoms with Gasteiger partial charge < -0.3 is 15.4 Å². The number of hydrogen-bond donors (Lipinski definition) is 2. The highest BCUT2D eigenvalue weighted by Crippen LogP contribution is 2.21. The molecule has 0 fully saturated rings. The summed E-state index contributed by atoms with van der Waals surface area (Å²) in [5.74, 6) is -0.340. The van der Waals surface area contributed by atoms with Crippen molar-refractivity contribution in [3.8, 4) is 11.8 Å². The average molecular weight is 454 g/mol. The maximum atomic E-state index is 12.5. The van der Waals surface area contributed by atoms with Gasteiger partial charge in [-0.3, -0.25) is 9.59 Å². The molecule has 0 aliphatic heterocycles. The molecule has 2 amide bonds. The lowest BCUT2D eigenvalue weighted by atomic mass is 10.1. The van der Waals surface area contributed by atoms with Crippen LogP contribution in [0.1, 0.15) is 23.1 Å². The zero-order valence-corrected chi connectivity index (χ0v) is 19.1. The lowest BCUT2D eigenvalue weighted by Gasteiger charge is -2.10. The van der Waals surface area contributed by atoms with Crippen LogP contribution in [0, 0.1) is 18.3 Å². The fraction of sp³-hybridized carbons (Fsp3) is 0.179. The highest BCUT2D eigenvalue weighted by atomic mass is 16.5. The summed E-state index contributed by atoms with van der Waals surface area (Å²) in [7, 11) is 0. The molecule has 2 N–H and O–H groups in total. The van der Waals surface area contributed by atoms with Gasteiger partial charge in [0, 0.05) is 17.8 Å². The highest BCUT2D eigenvalue weighted by molar-refractivity contribution is 6.02.